The number of ether oxygens (including phenoxy) is 2. The topological polar surface area (TPSA) is 175 Å². The average molecular weight is 952 g/mol. The molecule has 0 bridgehead atoms. The Bertz CT molecular complexity index is 2760. The lowest BCUT2D eigenvalue weighted by atomic mass is 9.72. The van der Waals surface area contributed by atoms with E-state index in [4.69, 9.17) is 26.1 Å². The SMILES string of the molecule is CC1(C)CCC(CN2CCN(c3ccc(C(=O)NS(=O)(=O)c4ccc(NCC5CCOCC5)c([N+](=O)[O-])c4)c(N4CCCCCOc5nc6[nH]ccc6cc54)c3)CC2)=C(c2ccc(Cl)cc2)C1. The Balaban J connectivity index is 1.00. The number of nitro benzene ring substituents is 1. The van der Waals surface area contributed by atoms with Crippen molar-refractivity contribution in [2.75, 3.05) is 80.8 Å². The third-order valence-electron chi connectivity index (χ3n) is 13.7. The molecule has 354 valence electrons. The third-order valence-corrected chi connectivity index (χ3v) is 15.3. The lowest BCUT2D eigenvalue weighted by molar-refractivity contribution is -0.384. The second kappa shape index (κ2) is 19.9. The average Bonchev–Trinajstić information content (AvgIpc) is 3.82. The van der Waals surface area contributed by atoms with Crippen molar-refractivity contribution < 1.29 is 27.6 Å². The van der Waals surface area contributed by atoms with E-state index in [-0.39, 0.29) is 22.6 Å². The molecule has 3 N–H and O–H groups in total. The Kier molecular flexibility index (Phi) is 13.8. The van der Waals surface area contributed by atoms with Crippen molar-refractivity contribution in [3.63, 3.8) is 0 Å². The van der Waals surface area contributed by atoms with Crippen molar-refractivity contribution >= 4 is 72.6 Å². The Morgan fingerprint density at radius 2 is 1.73 bits per heavy atom. The Morgan fingerprint density at radius 1 is 0.940 bits per heavy atom. The molecular weight excluding hydrogens is 892 g/mol. The molecule has 2 fully saturated rings. The summed E-state index contributed by atoms with van der Waals surface area (Å²) in [6, 6.07) is 21.3. The minimum Gasteiger partial charge on any atom is -0.476 e. The molecule has 1 aliphatic carbocycles. The van der Waals surface area contributed by atoms with Crippen molar-refractivity contribution in [2.45, 2.75) is 70.1 Å². The van der Waals surface area contributed by atoms with Gasteiger partial charge in [-0.2, -0.15) is 4.98 Å². The molecule has 2 aromatic heterocycles. The number of nitrogens with zero attached hydrogens (tertiary/aromatic N) is 5. The van der Waals surface area contributed by atoms with Crippen LogP contribution >= 0.6 is 11.6 Å². The number of piperazine rings is 1. The summed E-state index contributed by atoms with van der Waals surface area (Å²) < 4.78 is 42.0. The number of anilines is 4. The fourth-order valence-electron chi connectivity index (χ4n) is 9.79. The molecule has 0 radical (unpaired) electrons. The minimum absolute atomic E-state index is 0.122. The highest BCUT2D eigenvalue weighted by atomic mass is 35.5. The Hall–Kier alpha value is -5.68. The predicted molar refractivity (Wildman–Crippen MR) is 263 cm³/mol. The van der Waals surface area contributed by atoms with Crippen LogP contribution in [0.2, 0.25) is 5.02 Å². The number of allylic oxidation sites excluding steroid dienone is 1. The van der Waals surface area contributed by atoms with Crippen LogP contribution in [-0.2, 0) is 14.8 Å². The number of aromatic amines is 1. The standard InChI is InChI=1S/C50H59ClN8O7S/c1-50(2)18-14-37(42(31-50)35-6-8-38(51)9-7-35)33-56-21-23-57(24-22-56)39-10-12-41(44(29-39)58-20-4-3-5-25-66-49-46(58)28-36-15-19-52-47(36)54-49)48(60)55-67(63,64)40-11-13-43(45(30-40)59(61)62)53-32-34-16-26-65-27-17-34/h6-13,15,19,28-30,34,53H,3-5,14,16-18,20-27,31-33H2,1-2H3,(H,52,54)(H,55,60). The van der Waals surface area contributed by atoms with E-state index < -0.39 is 31.4 Å². The number of aromatic nitrogens is 2. The van der Waals surface area contributed by atoms with E-state index >= 15 is 0 Å². The van der Waals surface area contributed by atoms with Crippen molar-refractivity contribution in [3.05, 3.63) is 111 Å². The predicted octanol–water partition coefficient (Wildman–Crippen LogP) is 9.57. The molecule has 3 aliphatic heterocycles. The zero-order chi connectivity index (χ0) is 46.7. The Labute approximate surface area is 397 Å². The fraction of sp³-hybridized carbons (Fsp3) is 0.440. The van der Waals surface area contributed by atoms with Gasteiger partial charge in [-0.15, -0.1) is 0 Å². The molecule has 0 spiro atoms. The molecule has 17 heteroatoms. The molecule has 4 aliphatic rings. The van der Waals surface area contributed by atoms with Gasteiger partial charge in [0, 0.05) is 87.4 Å². The number of amides is 1. The Morgan fingerprint density at radius 3 is 2.51 bits per heavy atom. The van der Waals surface area contributed by atoms with Gasteiger partial charge < -0.3 is 29.6 Å². The number of carbonyl (C=O) groups is 1. The van der Waals surface area contributed by atoms with Crippen LogP contribution in [0.5, 0.6) is 5.88 Å². The summed E-state index contributed by atoms with van der Waals surface area (Å²) in [5.74, 6) is -0.185. The van der Waals surface area contributed by atoms with Crippen molar-refractivity contribution in [1.82, 2.24) is 19.6 Å². The first-order valence-corrected chi connectivity index (χ1v) is 25.3. The van der Waals surface area contributed by atoms with Gasteiger partial charge in [0.2, 0.25) is 5.88 Å². The van der Waals surface area contributed by atoms with Gasteiger partial charge in [0.05, 0.1) is 27.7 Å². The highest BCUT2D eigenvalue weighted by Crippen LogP contribution is 2.44. The number of halogens is 1. The molecular formula is C50H59ClN8O7S. The van der Waals surface area contributed by atoms with Gasteiger partial charge in [0.1, 0.15) is 17.0 Å². The van der Waals surface area contributed by atoms with Crippen LogP contribution in [0.15, 0.2) is 89.5 Å². The van der Waals surface area contributed by atoms with Gasteiger partial charge in [-0.1, -0.05) is 43.2 Å². The van der Waals surface area contributed by atoms with Crippen LogP contribution in [0, 0.1) is 21.4 Å². The van der Waals surface area contributed by atoms with Gasteiger partial charge in [-0.25, -0.2) is 13.1 Å². The number of hydrogen-bond donors (Lipinski definition) is 3. The summed E-state index contributed by atoms with van der Waals surface area (Å²) in [7, 11) is -4.58. The molecule has 15 nitrogen and oxygen atoms in total. The van der Waals surface area contributed by atoms with E-state index in [1.165, 1.54) is 28.8 Å². The number of nitro groups is 1. The molecule has 0 saturated carbocycles. The molecule has 0 atom stereocenters. The number of carbonyl (C=O) groups excluding carboxylic acids is 1. The van der Waals surface area contributed by atoms with E-state index in [9.17, 15) is 23.3 Å². The second-order valence-electron chi connectivity index (χ2n) is 19.0. The van der Waals surface area contributed by atoms with E-state index in [0.29, 0.717) is 55.8 Å². The first-order chi connectivity index (χ1) is 32.3. The highest BCUT2D eigenvalue weighted by Gasteiger charge is 2.32. The summed E-state index contributed by atoms with van der Waals surface area (Å²) in [4.78, 5) is 40.6. The highest BCUT2D eigenvalue weighted by molar-refractivity contribution is 7.90. The second-order valence-corrected chi connectivity index (χ2v) is 21.1. The van der Waals surface area contributed by atoms with Gasteiger partial charge in [0.25, 0.3) is 21.6 Å². The zero-order valence-corrected chi connectivity index (χ0v) is 39.8. The molecule has 67 heavy (non-hydrogen) atoms. The molecule has 3 aromatic carbocycles. The first kappa shape index (κ1) is 46.4. The smallest absolute Gasteiger partial charge is 0.293 e. The van der Waals surface area contributed by atoms with Crippen molar-refractivity contribution in [3.8, 4) is 5.88 Å². The number of hydrogen-bond acceptors (Lipinski definition) is 12. The molecule has 2 saturated heterocycles. The number of rotatable bonds is 12. The van der Waals surface area contributed by atoms with E-state index in [1.807, 2.05) is 47.5 Å². The number of H-pyrrole nitrogens is 1. The lowest BCUT2D eigenvalue weighted by Crippen LogP contribution is -2.47. The third kappa shape index (κ3) is 10.7. The van der Waals surface area contributed by atoms with E-state index in [2.05, 4.69) is 50.8 Å². The largest absolute Gasteiger partial charge is 0.476 e. The van der Waals surface area contributed by atoms with Crippen LogP contribution in [0.25, 0.3) is 16.6 Å². The number of sulfonamides is 1. The maximum atomic E-state index is 14.5. The number of benzene rings is 3. The van der Waals surface area contributed by atoms with Gasteiger partial charge in [-0.05, 0) is 128 Å². The summed E-state index contributed by atoms with van der Waals surface area (Å²) in [6.45, 7) is 11.5. The maximum Gasteiger partial charge on any atom is 0.293 e. The molecule has 5 aromatic rings. The van der Waals surface area contributed by atoms with Crippen LogP contribution in [-0.4, -0.2) is 99.8 Å². The lowest BCUT2D eigenvalue weighted by Gasteiger charge is -2.39. The summed E-state index contributed by atoms with van der Waals surface area (Å²) >= 11 is 6.28. The summed E-state index contributed by atoms with van der Waals surface area (Å²) in [5.41, 5.74) is 7.01. The van der Waals surface area contributed by atoms with E-state index in [0.717, 1.165) is 106 Å². The normalized spacial score (nSPS) is 18.7. The maximum absolute atomic E-state index is 14.5. The minimum atomic E-state index is -4.58. The van der Waals surface area contributed by atoms with Crippen LogP contribution in [0.4, 0.5) is 28.4 Å². The van der Waals surface area contributed by atoms with Crippen LogP contribution in [0.3, 0.4) is 0 Å². The molecule has 5 heterocycles. The number of fused-ring (bicyclic) bond motifs is 2. The van der Waals surface area contributed by atoms with Gasteiger partial charge >= 0.3 is 0 Å². The number of pyridine rings is 1. The zero-order valence-electron chi connectivity index (χ0n) is 38.2. The molecule has 0 unspecified atom stereocenters. The van der Waals surface area contributed by atoms with Crippen LogP contribution in [0.1, 0.15) is 81.1 Å². The van der Waals surface area contributed by atoms with Crippen LogP contribution < -0.4 is 24.6 Å². The summed E-state index contributed by atoms with van der Waals surface area (Å²) in [6.07, 6.45) is 9.14. The van der Waals surface area contributed by atoms with Crippen molar-refractivity contribution in [1.29, 1.82) is 0 Å². The molecule has 1 amide bonds. The van der Waals surface area contributed by atoms with E-state index in [1.54, 1.807) is 6.07 Å². The quantitative estimate of drug-likeness (QED) is 0.0799. The number of nitrogens with one attached hydrogen (secondary N) is 3. The van der Waals surface area contributed by atoms with Gasteiger partial charge in [-0.3, -0.25) is 19.8 Å². The fourth-order valence-corrected chi connectivity index (χ4v) is 10.9. The molecule has 9 rings (SSSR count). The first-order valence-electron chi connectivity index (χ1n) is 23.4. The van der Waals surface area contributed by atoms with Gasteiger partial charge in [0.15, 0.2) is 0 Å². The summed E-state index contributed by atoms with van der Waals surface area (Å²) in [5, 5.41) is 17.0. The monoisotopic (exact) mass is 950 g/mol. The van der Waals surface area contributed by atoms with Crippen molar-refractivity contribution in [2.24, 2.45) is 11.3 Å².